The maximum absolute atomic E-state index is 12.7. The zero-order chi connectivity index (χ0) is 42.1. The van der Waals surface area contributed by atoms with E-state index in [-0.39, 0.29) is 36.2 Å². The first-order valence-corrected chi connectivity index (χ1v) is 23.2. The van der Waals surface area contributed by atoms with Crippen LogP contribution in [0.1, 0.15) is 194 Å². The van der Waals surface area contributed by atoms with Gasteiger partial charge in [-0.2, -0.15) is 0 Å². The number of quaternary nitrogens is 1. The fourth-order valence-electron chi connectivity index (χ4n) is 6.67. The quantitative estimate of drug-likeness (QED) is 0.0216. The number of carboxylic acids is 1. The lowest BCUT2D eigenvalue weighted by molar-refractivity contribution is -0.887. The standard InChI is InChI=1S/C49H87NO7/c1-6-8-10-12-14-16-18-20-21-22-23-24-25-26-28-29-31-33-35-37-39-47(51)56-44-45(43-55-42-41-46(49(53)54)50(3,4)5)57-48(52)40-38-36-34-32-30-27-19-17-15-13-11-9-7-2/h9,11,13,15,17,19,23-24,45-46H,6-8,10,12,14,16,18,20-22,25-44H2,1-5H3/p+1/b11-9+,15-13+,19-17+,24-23+. The number of allylic oxidation sites excluding steroid dienone is 8. The minimum Gasteiger partial charge on any atom is -0.477 e. The van der Waals surface area contributed by atoms with Crippen molar-refractivity contribution in [1.82, 2.24) is 0 Å². The molecule has 8 heteroatoms. The van der Waals surface area contributed by atoms with Crippen molar-refractivity contribution in [2.75, 3.05) is 41.0 Å². The van der Waals surface area contributed by atoms with Crippen molar-refractivity contribution in [3.63, 3.8) is 0 Å². The zero-order valence-corrected chi connectivity index (χ0v) is 37.5. The number of hydrogen-bond donors (Lipinski definition) is 1. The summed E-state index contributed by atoms with van der Waals surface area (Å²) in [5.74, 6) is -1.50. The van der Waals surface area contributed by atoms with E-state index >= 15 is 0 Å². The van der Waals surface area contributed by atoms with Crippen molar-refractivity contribution >= 4 is 17.9 Å². The van der Waals surface area contributed by atoms with E-state index in [4.69, 9.17) is 14.2 Å². The summed E-state index contributed by atoms with van der Waals surface area (Å²) in [5.41, 5.74) is 0. The number of likely N-dealkylation sites (N-methyl/N-ethyl adjacent to an activating group) is 1. The predicted octanol–water partition coefficient (Wildman–Crippen LogP) is 12.8. The van der Waals surface area contributed by atoms with E-state index in [2.05, 4.69) is 56.4 Å². The van der Waals surface area contributed by atoms with Crippen LogP contribution in [0, 0.1) is 0 Å². The number of rotatable bonds is 41. The van der Waals surface area contributed by atoms with Gasteiger partial charge in [-0.15, -0.1) is 0 Å². The highest BCUT2D eigenvalue weighted by Crippen LogP contribution is 2.14. The van der Waals surface area contributed by atoms with Crippen LogP contribution in [-0.4, -0.2) is 80.6 Å². The molecule has 0 aliphatic rings. The molecule has 0 spiro atoms. The van der Waals surface area contributed by atoms with Crippen LogP contribution in [0.2, 0.25) is 0 Å². The van der Waals surface area contributed by atoms with Crippen molar-refractivity contribution in [2.24, 2.45) is 0 Å². The highest BCUT2D eigenvalue weighted by atomic mass is 16.6. The molecule has 0 aromatic heterocycles. The Morgan fingerprint density at radius 3 is 1.49 bits per heavy atom. The molecular formula is C49H88NO7+. The number of carboxylic acid groups (broad SMARTS) is 1. The van der Waals surface area contributed by atoms with E-state index in [1.165, 1.54) is 96.3 Å². The van der Waals surface area contributed by atoms with Crippen LogP contribution in [0.15, 0.2) is 48.6 Å². The van der Waals surface area contributed by atoms with Gasteiger partial charge in [-0.3, -0.25) is 9.59 Å². The third kappa shape index (κ3) is 38.6. The second-order valence-corrected chi connectivity index (χ2v) is 16.7. The van der Waals surface area contributed by atoms with E-state index in [9.17, 15) is 19.5 Å². The monoisotopic (exact) mass is 803 g/mol. The van der Waals surface area contributed by atoms with Gasteiger partial charge in [0.1, 0.15) is 6.61 Å². The molecular weight excluding hydrogens is 715 g/mol. The zero-order valence-electron chi connectivity index (χ0n) is 37.5. The van der Waals surface area contributed by atoms with Gasteiger partial charge in [0.25, 0.3) is 0 Å². The molecule has 2 unspecified atom stereocenters. The van der Waals surface area contributed by atoms with E-state index in [1.54, 1.807) is 0 Å². The SMILES string of the molecule is CC/C=C/C=C/C=C/CCCCCCCC(=O)OC(COCCC(C(=O)O)[N+](C)(C)C)COC(=O)CCCCCCCCC/C=C/CCCCCCCCCCC. The Labute approximate surface area is 350 Å². The summed E-state index contributed by atoms with van der Waals surface area (Å²) in [6.45, 7) is 4.58. The maximum Gasteiger partial charge on any atom is 0.362 e. The van der Waals surface area contributed by atoms with Crippen molar-refractivity contribution in [3.8, 4) is 0 Å². The van der Waals surface area contributed by atoms with E-state index < -0.39 is 18.1 Å². The molecule has 1 N–H and O–H groups in total. The molecule has 8 nitrogen and oxygen atoms in total. The first kappa shape index (κ1) is 54.3. The summed E-state index contributed by atoms with van der Waals surface area (Å²) in [5, 5.41) is 9.62. The number of nitrogens with zero attached hydrogens (tertiary/aromatic N) is 1. The van der Waals surface area contributed by atoms with Crippen LogP contribution in [0.5, 0.6) is 0 Å². The van der Waals surface area contributed by atoms with Crippen LogP contribution in [-0.2, 0) is 28.6 Å². The van der Waals surface area contributed by atoms with Gasteiger partial charge in [-0.05, 0) is 57.8 Å². The number of carbonyl (C=O) groups is 3. The number of hydrogen-bond acceptors (Lipinski definition) is 6. The molecule has 0 heterocycles. The topological polar surface area (TPSA) is 99.1 Å². The lowest BCUT2D eigenvalue weighted by atomic mass is 10.1. The van der Waals surface area contributed by atoms with Crippen molar-refractivity contribution in [2.45, 2.75) is 206 Å². The van der Waals surface area contributed by atoms with E-state index in [0.717, 1.165) is 64.2 Å². The highest BCUT2D eigenvalue weighted by Gasteiger charge is 2.31. The summed E-state index contributed by atoms with van der Waals surface area (Å²) >= 11 is 0. The van der Waals surface area contributed by atoms with Crippen molar-refractivity contribution < 1.29 is 38.2 Å². The normalized spacial score (nSPS) is 13.4. The number of ether oxygens (including phenoxy) is 3. The Morgan fingerprint density at radius 1 is 0.544 bits per heavy atom. The Morgan fingerprint density at radius 2 is 1.00 bits per heavy atom. The lowest BCUT2D eigenvalue weighted by Crippen LogP contribution is -2.50. The lowest BCUT2D eigenvalue weighted by Gasteiger charge is -2.31. The molecule has 0 aromatic rings. The summed E-state index contributed by atoms with van der Waals surface area (Å²) in [4.78, 5) is 37.0. The third-order valence-electron chi connectivity index (χ3n) is 10.3. The minimum atomic E-state index is -0.880. The maximum atomic E-state index is 12.7. The molecule has 0 radical (unpaired) electrons. The minimum absolute atomic E-state index is 0.0508. The highest BCUT2D eigenvalue weighted by molar-refractivity contribution is 5.72. The number of aliphatic carboxylic acids is 1. The van der Waals surface area contributed by atoms with Gasteiger partial charge in [0.05, 0.1) is 34.4 Å². The molecule has 0 aliphatic heterocycles. The second-order valence-electron chi connectivity index (χ2n) is 16.7. The fraction of sp³-hybridized carbons (Fsp3) is 0.776. The Balaban J connectivity index is 4.29. The number of unbranched alkanes of at least 4 members (excludes halogenated alkanes) is 21. The molecule has 0 amide bonds. The van der Waals surface area contributed by atoms with Crippen LogP contribution in [0.25, 0.3) is 0 Å². The van der Waals surface area contributed by atoms with Gasteiger partial charge >= 0.3 is 17.9 Å². The van der Waals surface area contributed by atoms with Gasteiger partial charge in [0.15, 0.2) is 12.1 Å². The third-order valence-corrected chi connectivity index (χ3v) is 10.3. The Hall–Kier alpha value is -2.71. The molecule has 0 saturated heterocycles. The van der Waals surface area contributed by atoms with Crippen LogP contribution in [0.3, 0.4) is 0 Å². The molecule has 0 saturated carbocycles. The van der Waals surface area contributed by atoms with Crippen LogP contribution >= 0.6 is 0 Å². The van der Waals surface area contributed by atoms with Crippen molar-refractivity contribution in [3.05, 3.63) is 48.6 Å². The molecule has 57 heavy (non-hydrogen) atoms. The largest absolute Gasteiger partial charge is 0.477 e. The van der Waals surface area contributed by atoms with E-state index in [1.807, 2.05) is 27.2 Å². The first-order chi connectivity index (χ1) is 27.6. The number of esters is 2. The van der Waals surface area contributed by atoms with Gasteiger partial charge in [-0.25, -0.2) is 4.79 Å². The van der Waals surface area contributed by atoms with E-state index in [0.29, 0.717) is 19.3 Å². The van der Waals surface area contributed by atoms with Gasteiger partial charge in [-0.1, -0.05) is 165 Å². The predicted molar refractivity (Wildman–Crippen MR) is 238 cm³/mol. The average molecular weight is 803 g/mol. The van der Waals surface area contributed by atoms with Gasteiger partial charge in [0.2, 0.25) is 0 Å². The van der Waals surface area contributed by atoms with Gasteiger partial charge in [0, 0.05) is 19.3 Å². The summed E-state index contributed by atoms with van der Waals surface area (Å²) < 4.78 is 17.3. The van der Waals surface area contributed by atoms with Crippen LogP contribution in [0.4, 0.5) is 0 Å². The Kier molecular flexibility index (Phi) is 38.2. The molecule has 0 rings (SSSR count). The number of carbonyl (C=O) groups excluding carboxylic acids is 2. The Bertz CT molecular complexity index is 1070. The summed E-state index contributed by atoms with van der Waals surface area (Å²) in [6.07, 6.45) is 47.3. The van der Waals surface area contributed by atoms with Gasteiger partial charge < -0.3 is 23.8 Å². The molecule has 0 bridgehead atoms. The molecule has 0 aliphatic carbocycles. The summed E-state index contributed by atoms with van der Waals surface area (Å²) in [6, 6.07) is -0.620. The first-order valence-electron chi connectivity index (χ1n) is 23.2. The molecule has 0 fully saturated rings. The fourth-order valence-corrected chi connectivity index (χ4v) is 6.67. The molecule has 0 aromatic carbocycles. The smallest absolute Gasteiger partial charge is 0.362 e. The van der Waals surface area contributed by atoms with Crippen molar-refractivity contribution in [1.29, 1.82) is 0 Å². The molecule has 2 atom stereocenters. The second kappa shape index (κ2) is 40.1. The summed E-state index contributed by atoms with van der Waals surface area (Å²) in [7, 11) is 5.52. The van der Waals surface area contributed by atoms with Crippen LogP contribution < -0.4 is 0 Å². The average Bonchev–Trinajstić information content (AvgIpc) is 3.17. The molecule has 330 valence electrons.